The molecule has 118 valence electrons. The number of nitrogens with one attached hydrogen (secondary N) is 1. The van der Waals surface area contributed by atoms with Crippen LogP contribution in [-0.4, -0.2) is 29.4 Å². The zero-order valence-corrected chi connectivity index (χ0v) is 13.3. The summed E-state index contributed by atoms with van der Waals surface area (Å²) in [4.78, 5) is 26.1. The van der Waals surface area contributed by atoms with Crippen LogP contribution < -0.4 is 5.32 Å². The molecule has 2 amide bonds. The minimum atomic E-state index is -0.172. The highest BCUT2D eigenvalue weighted by atomic mass is 16.2. The molecular formula is C18H24N2O2. The number of hydrogen-bond donors (Lipinski definition) is 1. The molecule has 0 unspecified atom stereocenters. The molecule has 0 saturated carbocycles. The van der Waals surface area contributed by atoms with E-state index in [9.17, 15) is 9.59 Å². The molecule has 0 aliphatic carbocycles. The van der Waals surface area contributed by atoms with E-state index in [0.717, 1.165) is 24.8 Å². The summed E-state index contributed by atoms with van der Waals surface area (Å²) in [5, 5.41) is 2.99. The summed E-state index contributed by atoms with van der Waals surface area (Å²) >= 11 is 0. The molecule has 1 fully saturated rings. The first-order chi connectivity index (χ1) is 10.6. The molecule has 0 spiro atoms. The topological polar surface area (TPSA) is 49.4 Å². The highest BCUT2D eigenvalue weighted by molar-refractivity contribution is 5.92. The van der Waals surface area contributed by atoms with Gasteiger partial charge in [0.25, 0.3) is 0 Å². The van der Waals surface area contributed by atoms with E-state index in [1.54, 1.807) is 11.0 Å². The second-order valence-corrected chi connectivity index (χ2v) is 5.75. The van der Waals surface area contributed by atoms with Crippen molar-refractivity contribution in [2.24, 2.45) is 5.92 Å². The average Bonchev–Trinajstić information content (AvgIpc) is 3.00. The van der Waals surface area contributed by atoms with E-state index in [-0.39, 0.29) is 23.9 Å². The Bertz CT molecular complexity index is 539. The molecule has 0 radical (unpaired) electrons. The van der Waals surface area contributed by atoms with Crippen LogP contribution in [0.2, 0.25) is 0 Å². The Labute approximate surface area is 132 Å². The van der Waals surface area contributed by atoms with Gasteiger partial charge in [0, 0.05) is 18.5 Å². The zero-order valence-electron chi connectivity index (χ0n) is 13.3. The number of benzene rings is 1. The van der Waals surface area contributed by atoms with Crippen molar-refractivity contribution >= 4 is 17.9 Å². The van der Waals surface area contributed by atoms with Crippen LogP contribution in [0.15, 0.2) is 36.4 Å². The molecule has 1 saturated heterocycles. The third-order valence-electron chi connectivity index (χ3n) is 4.12. The molecule has 4 heteroatoms. The van der Waals surface area contributed by atoms with Crippen molar-refractivity contribution in [3.63, 3.8) is 0 Å². The number of rotatable bonds is 5. The minimum absolute atomic E-state index is 0.0163. The van der Waals surface area contributed by atoms with Crippen LogP contribution in [0.3, 0.4) is 0 Å². The lowest BCUT2D eigenvalue weighted by molar-refractivity contribution is -0.131. The molecule has 0 aromatic heterocycles. The number of carbonyl (C=O) groups excluding carboxylic acids is 2. The van der Waals surface area contributed by atoms with E-state index in [2.05, 4.69) is 5.32 Å². The van der Waals surface area contributed by atoms with E-state index in [1.165, 1.54) is 0 Å². The zero-order chi connectivity index (χ0) is 15.9. The van der Waals surface area contributed by atoms with Crippen molar-refractivity contribution in [2.45, 2.75) is 39.3 Å². The van der Waals surface area contributed by atoms with Gasteiger partial charge in [0.05, 0.1) is 0 Å². The summed E-state index contributed by atoms with van der Waals surface area (Å²) in [6.45, 7) is 4.60. The first kappa shape index (κ1) is 16.3. The summed E-state index contributed by atoms with van der Waals surface area (Å²) in [6.07, 6.45) is 5.79. The molecule has 4 nitrogen and oxygen atoms in total. The molecule has 2 atom stereocenters. The Balaban J connectivity index is 1.96. The Morgan fingerprint density at radius 2 is 2.09 bits per heavy atom. The lowest BCUT2D eigenvalue weighted by Crippen LogP contribution is -2.47. The number of likely N-dealkylation sites (tertiary alicyclic amines) is 1. The van der Waals surface area contributed by atoms with Crippen molar-refractivity contribution in [3.8, 4) is 0 Å². The van der Waals surface area contributed by atoms with Crippen LogP contribution in [-0.2, 0) is 9.59 Å². The van der Waals surface area contributed by atoms with Gasteiger partial charge in [-0.2, -0.15) is 0 Å². The quantitative estimate of drug-likeness (QED) is 0.850. The van der Waals surface area contributed by atoms with Gasteiger partial charge in [-0.25, -0.2) is 0 Å². The molecule has 1 aliphatic heterocycles. The lowest BCUT2D eigenvalue weighted by Gasteiger charge is -2.25. The largest absolute Gasteiger partial charge is 0.336 e. The fourth-order valence-corrected chi connectivity index (χ4v) is 2.50. The van der Waals surface area contributed by atoms with Crippen LogP contribution >= 0.6 is 0 Å². The maximum atomic E-state index is 12.3. The first-order valence-electron chi connectivity index (χ1n) is 7.96. The smallest absolute Gasteiger partial charge is 0.248 e. The highest BCUT2D eigenvalue weighted by Crippen LogP contribution is 2.17. The third kappa shape index (κ3) is 4.20. The van der Waals surface area contributed by atoms with Crippen LogP contribution in [0, 0.1) is 5.92 Å². The van der Waals surface area contributed by atoms with E-state index in [0.29, 0.717) is 6.54 Å². The van der Waals surface area contributed by atoms with Gasteiger partial charge < -0.3 is 10.2 Å². The predicted molar refractivity (Wildman–Crippen MR) is 87.8 cm³/mol. The van der Waals surface area contributed by atoms with E-state index in [4.69, 9.17) is 0 Å². The van der Waals surface area contributed by atoms with E-state index < -0.39 is 0 Å². The van der Waals surface area contributed by atoms with Gasteiger partial charge in [0.1, 0.15) is 6.17 Å². The van der Waals surface area contributed by atoms with Crippen molar-refractivity contribution in [1.29, 1.82) is 0 Å². The second kappa shape index (κ2) is 7.78. The summed E-state index contributed by atoms with van der Waals surface area (Å²) in [6, 6.07) is 9.73. The molecular weight excluding hydrogens is 276 g/mol. The molecule has 22 heavy (non-hydrogen) atoms. The Morgan fingerprint density at radius 3 is 2.77 bits per heavy atom. The molecule has 1 aromatic carbocycles. The molecule has 0 bridgehead atoms. The standard InChI is InChI=1S/C18H24N2O2/c1-3-14(2)18(22)19-16-10-7-13-20(16)17(21)12-11-15-8-5-4-6-9-15/h4-6,8-9,11-12,14,16H,3,7,10,13H2,1-2H3,(H,19,22)/t14-,16+/m1/s1. The number of nitrogens with zero attached hydrogens (tertiary/aromatic N) is 1. The highest BCUT2D eigenvalue weighted by Gasteiger charge is 2.29. The van der Waals surface area contributed by atoms with Gasteiger partial charge in [-0.05, 0) is 30.9 Å². The Morgan fingerprint density at radius 1 is 1.36 bits per heavy atom. The monoisotopic (exact) mass is 300 g/mol. The number of hydrogen-bond acceptors (Lipinski definition) is 2. The maximum Gasteiger partial charge on any atom is 0.248 e. The van der Waals surface area contributed by atoms with Gasteiger partial charge in [0.15, 0.2) is 0 Å². The van der Waals surface area contributed by atoms with Crippen molar-refractivity contribution in [3.05, 3.63) is 42.0 Å². The van der Waals surface area contributed by atoms with Crippen LogP contribution in [0.25, 0.3) is 6.08 Å². The summed E-state index contributed by atoms with van der Waals surface area (Å²) in [5.41, 5.74) is 0.996. The van der Waals surface area contributed by atoms with Crippen molar-refractivity contribution < 1.29 is 9.59 Å². The fraction of sp³-hybridized carbons (Fsp3) is 0.444. The molecule has 2 rings (SSSR count). The molecule has 1 N–H and O–H groups in total. The lowest BCUT2D eigenvalue weighted by atomic mass is 10.1. The van der Waals surface area contributed by atoms with Gasteiger partial charge in [-0.15, -0.1) is 0 Å². The van der Waals surface area contributed by atoms with Crippen LogP contribution in [0.5, 0.6) is 0 Å². The van der Waals surface area contributed by atoms with Crippen molar-refractivity contribution in [1.82, 2.24) is 10.2 Å². The van der Waals surface area contributed by atoms with Crippen LogP contribution in [0.4, 0.5) is 0 Å². The van der Waals surface area contributed by atoms with Gasteiger partial charge >= 0.3 is 0 Å². The molecule has 1 aliphatic rings. The van der Waals surface area contributed by atoms with E-state index >= 15 is 0 Å². The van der Waals surface area contributed by atoms with Crippen molar-refractivity contribution in [2.75, 3.05) is 6.54 Å². The van der Waals surface area contributed by atoms with Gasteiger partial charge in [-0.1, -0.05) is 44.2 Å². The molecule has 1 aromatic rings. The maximum absolute atomic E-state index is 12.3. The predicted octanol–water partition coefficient (Wildman–Crippen LogP) is 2.81. The van der Waals surface area contributed by atoms with Crippen LogP contribution in [0.1, 0.15) is 38.7 Å². The summed E-state index contributed by atoms with van der Waals surface area (Å²) in [5.74, 6) is -0.0348. The van der Waals surface area contributed by atoms with Gasteiger partial charge in [0.2, 0.25) is 11.8 Å². The van der Waals surface area contributed by atoms with Gasteiger partial charge in [-0.3, -0.25) is 9.59 Å². The molecule has 1 heterocycles. The number of amides is 2. The summed E-state index contributed by atoms with van der Waals surface area (Å²) < 4.78 is 0. The third-order valence-corrected chi connectivity index (χ3v) is 4.12. The normalized spacial score (nSPS) is 19.4. The SMILES string of the molecule is CC[C@@H](C)C(=O)N[C@@H]1CCCN1C(=O)C=Cc1ccccc1. The first-order valence-corrected chi connectivity index (χ1v) is 7.96. The Hall–Kier alpha value is -2.10. The Kier molecular flexibility index (Phi) is 5.75. The summed E-state index contributed by atoms with van der Waals surface area (Å²) in [7, 11) is 0. The fourth-order valence-electron chi connectivity index (χ4n) is 2.50. The number of carbonyl (C=O) groups is 2. The van der Waals surface area contributed by atoms with E-state index in [1.807, 2.05) is 50.3 Å². The minimum Gasteiger partial charge on any atom is -0.336 e. The second-order valence-electron chi connectivity index (χ2n) is 5.75. The average molecular weight is 300 g/mol.